The summed E-state index contributed by atoms with van der Waals surface area (Å²) in [5.41, 5.74) is 1.38. The molecule has 1 unspecified atom stereocenters. The van der Waals surface area contributed by atoms with Crippen LogP contribution in [0.25, 0.3) is 11.5 Å². The molecule has 0 saturated heterocycles. The van der Waals surface area contributed by atoms with Gasteiger partial charge in [-0.05, 0) is 52.7 Å². The van der Waals surface area contributed by atoms with E-state index in [-0.39, 0.29) is 0 Å². The molecule has 1 N–H and O–H groups in total. The third-order valence-corrected chi connectivity index (χ3v) is 4.77. The van der Waals surface area contributed by atoms with E-state index in [0.717, 1.165) is 10.0 Å². The zero-order chi connectivity index (χ0) is 14.9. The number of aromatic nitrogens is 2. The summed E-state index contributed by atoms with van der Waals surface area (Å²) >= 11 is 3.50. The van der Waals surface area contributed by atoms with Crippen molar-refractivity contribution in [1.82, 2.24) is 15.5 Å². The van der Waals surface area contributed by atoms with Crippen LogP contribution in [0, 0.1) is 5.41 Å². The van der Waals surface area contributed by atoms with Crippen molar-refractivity contribution in [3.05, 3.63) is 34.6 Å². The summed E-state index contributed by atoms with van der Waals surface area (Å²) in [6, 6.07) is 8.42. The highest BCUT2D eigenvalue weighted by Gasteiger charge is 2.30. The highest BCUT2D eigenvalue weighted by Crippen LogP contribution is 2.37. The van der Waals surface area contributed by atoms with Crippen LogP contribution in [0.5, 0.6) is 0 Å². The molecule has 1 fully saturated rings. The van der Waals surface area contributed by atoms with Crippen molar-refractivity contribution in [2.45, 2.75) is 45.7 Å². The minimum atomic E-state index is 0.451. The third-order valence-electron chi connectivity index (χ3n) is 4.08. The molecule has 0 amide bonds. The molecule has 0 radical (unpaired) electrons. The smallest absolute Gasteiger partial charge is 0.248 e. The summed E-state index contributed by atoms with van der Waals surface area (Å²) in [4.78, 5) is 0. The van der Waals surface area contributed by atoms with Crippen molar-refractivity contribution in [2.24, 2.45) is 5.41 Å². The van der Waals surface area contributed by atoms with E-state index >= 15 is 0 Å². The van der Waals surface area contributed by atoms with E-state index in [0.29, 0.717) is 29.8 Å². The van der Waals surface area contributed by atoms with Gasteiger partial charge in [-0.2, -0.15) is 0 Å². The Kier molecular flexibility index (Phi) is 4.13. The molecule has 1 aromatic heterocycles. The number of hydrogen-bond donors (Lipinski definition) is 1. The minimum Gasteiger partial charge on any atom is -0.419 e. The first kappa shape index (κ1) is 14.7. The van der Waals surface area contributed by atoms with E-state index in [1.54, 1.807) is 0 Å². The number of halogens is 1. The van der Waals surface area contributed by atoms with Crippen LogP contribution < -0.4 is 5.32 Å². The van der Waals surface area contributed by atoms with Gasteiger partial charge in [0.15, 0.2) is 0 Å². The van der Waals surface area contributed by atoms with Gasteiger partial charge in [0.1, 0.15) is 0 Å². The molecule has 3 rings (SSSR count). The minimum absolute atomic E-state index is 0.451. The Bertz CT molecular complexity index is 623. The number of nitrogens with one attached hydrogen (secondary N) is 1. The van der Waals surface area contributed by atoms with Crippen LogP contribution in [0.1, 0.15) is 39.0 Å². The third kappa shape index (κ3) is 3.52. The van der Waals surface area contributed by atoms with E-state index in [2.05, 4.69) is 45.3 Å². The van der Waals surface area contributed by atoms with E-state index in [9.17, 15) is 0 Å². The maximum atomic E-state index is 5.75. The highest BCUT2D eigenvalue weighted by atomic mass is 79.9. The second kappa shape index (κ2) is 5.89. The zero-order valence-corrected chi connectivity index (χ0v) is 14.0. The standard InChI is InChI=1S/C16H20BrN3O/c1-16(2)8-7-11(9-16)18-10-14-19-20-15(21-14)12-5-3-4-6-13(12)17/h3-6,11,18H,7-10H2,1-2H3. The van der Waals surface area contributed by atoms with Crippen LogP contribution in [0.3, 0.4) is 0 Å². The first-order valence-electron chi connectivity index (χ1n) is 7.34. The molecule has 2 aromatic rings. The van der Waals surface area contributed by atoms with Gasteiger partial charge in [0.25, 0.3) is 0 Å². The van der Waals surface area contributed by atoms with Gasteiger partial charge < -0.3 is 9.73 Å². The monoisotopic (exact) mass is 349 g/mol. The van der Waals surface area contributed by atoms with Crippen molar-refractivity contribution >= 4 is 15.9 Å². The summed E-state index contributed by atoms with van der Waals surface area (Å²) in [5.74, 6) is 1.21. The predicted octanol–water partition coefficient (Wildman–Crippen LogP) is 4.17. The SMILES string of the molecule is CC1(C)CCC(NCc2nnc(-c3ccccc3Br)o2)C1. The quantitative estimate of drug-likeness (QED) is 0.899. The molecule has 0 bridgehead atoms. The van der Waals surface area contributed by atoms with Gasteiger partial charge in [0.05, 0.1) is 12.1 Å². The lowest BCUT2D eigenvalue weighted by Gasteiger charge is -2.17. The Labute approximate surface area is 133 Å². The molecular formula is C16H20BrN3O. The topological polar surface area (TPSA) is 51.0 Å². The Morgan fingerprint density at radius 1 is 1.33 bits per heavy atom. The maximum absolute atomic E-state index is 5.75. The molecule has 1 aliphatic rings. The summed E-state index contributed by atoms with van der Waals surface area (Å²) in [6.07, 6.45) is 3.70. The summed E-state index contributed by atoms with van der Waals surface area (Å²) in [6.45, 7) is 5.29. The van der Waals surface area contributed by atoms with Crippen LogP contribution in [0.2, 0.25) is 0 Å². The van der Waals surface area contributed by atoms with Crippen LogP contribution in [-0.4, -0.2) is 16.2 Å². The Balaban J connectivity index is 1.62. The molecule has 1 aliphatic carbocycles. The first-order valence-corrected chi connectivity index (χ1v) is 8.13. The van der Waals surface area contributed by atoms with Crippen molar-refractivity contribution in [1.29, 1.82) is 0 Å². The lowest BCUT2D eigenvalue weighted by Crippen LogP contribution is -2.26. The van der Waals surface area contributed by atoms with Gasteiger partial charge in [-0.25, -0.2) is 0 Å². The van der Waals surface area contributed by atoms with Gasteiger partial charge in [-0.15, -0.1) is 10.2 Å². The van der Waals surface area contributed by atoms with Crippen LogP contribution in [0.15, 0.2) is 33.2 Å². The van der Waals surface area contributed by atoms with E-state index in [1.165, 1.54) is 19.3 Å². The van der Waals surface area contributed by atoms with Crippen LogP contribution >= 0.6 is 15.9 Å². The molecule has 4 nitrogen and oxygen atoms in total. The summed E-state index contributed by atoms with van der Waals surface area (Å²) in [7, 11) is 0. The van der Waals surface area contributed by atoms with Crippen molar-refractivity contribution in [3.63, 3.8) is 0 Å². The molecule has 5 heteroatoms. The zero-order valence-electron chi connectivity index (χ0n) is 12.4. The Morgan fingerprint density at radius 3 is 2.86 bits per heavy atom. The second-order valence-corrected chi connectivity index (χ2v) is 7.32. The molecule has 21 heavy (non-hydrogen) atoms. The summed E-state index contributed by atoms with van der Waals surface area (Å²) in [5, 5.41) is 11.8. The maximum Gasteiger partial charge on any atom is 0.248 e. The Hall–Kier alpha value is -1.20. The van der Waals surface area contributed by atoms with Crippen molar-refractivity contribution in [3.8, 4) is 11.5 Å². The molecule has 0 aliphatic heterocycles. The average Bonchev–Trinajstić information content (AvgIpc) is 3.03. The molecule has 1 aromatic carbocycles. The fraction of sp³-hybridized carbons (Fsp3) is 0.500. The Morgan fingerprint density at radius 2 is 2.14 bits per heavy atom. The largest absolute Gasteiger partial charge is 0.419 e. The van der Waals surface area contributed by atoms with Gasteiger partial charge in [0, 0.05) is 10.5 Å². The van der Waals surface area contributed by atoms with Crippen LogP contribution in [-0.2, 0) is 6.54 Å². The molecule has 1 atom stereocenters. The normalized spacial score (nSPS) is 20.8. The lowest BCUT2D eigenvalue weighted by molar-refractivity contribution is 0.358. The number of hydrogen-bond acceptors (Lipinski definition) is 4. The molecule has 0 spiro atoms. The van der Waals surface area contributed by atoms with E-state index in [4.69, 9.17) is 4.42 Å². The number of nitrogens with zero attached hydrogens (tertiary/aromatic N) is 2. The molecule has 1 heterocycles. The predicted molar refractivity (Wildman–Crippen MR) is 85.7 cm³/mol. The van der Waals surface area contributed by atoms with E-state index < -0.39 is 0 Å². The molecule has 112 valence electrons. The fourth-order valence-corrected chi connectivity index (χ4v) is 3.36. The van der Waals surface area contributed by atoms with E-state index in [1.807, 2.05) is 24.3 Å². The van der Waals surface area contributed by atoms with Gasteiger partial charge in [0.2, 0.25) is 11.8 Å². The fourth-order valence-electron chi connectivity index (χ4n) is 2.91. The first-order chi connectivity index (χ1) is 10.0. The van der Waals surface area contributed by atoms with Gasteiger partial charge in [-0.3, -0.25) is 0 Å². The van der Waals surface area contributed by atoms with Crippen LogP contribution in [0.4, 0.5) is 0 Å². The van der Waals surface area contributed by atoms with Gasteiger partial charge >= 0.3 is 0 Å². The average molecular weight is 350 g/mol. The summed E-state index contributed by atoms with van der Waals surface area (Å²) < 4.78 is 6.71. The molecular weight excluding hydrogens is 330 g/mol. The second-order valence-electron chi connectivity index (χ2n) is 6.47. The number of benzene rings is 1. The van der Waals surface area contributed by atoms with Crippen molar-refractivity contribution in [2.75, 3.05) is 0 Å². The van der Waals surface area contributed by atoms with Crippen molar-refractivity contribution < 1.29 is 4.42 Å². The molecule has 1 saturated carbocycles. The van der Waals surface area contributed by atoms with Gasteiger partial charge in [-0.1, -0.05) is 26.0 Å². The number of rotatable bonds is 4. The highest BCUT2D eigenvalue weighted by molar-refractivity contribution is 9.10. The lowest BCUT2D eigenvalue weighted by atomic mass is 9.92.